The molecular weight excluding hydrogens is 248 g/mol. The van der Waals surface area contributed by atoms with Gasteiger partial charge in [-0.05, 0) is 24.5 Å². The first-order valence-electron chi connectivity index (χ1n) is 7.70. The number of carbonyl (C=O) groups is 1. The molecule has 2 N–H and O–H groups in total. The first kappa shape index (κ1) is 16.5. The van der Waals surface area contributed by atoms with Gasteiger partial charge in [0.15, 0.2) is 0 Å². The normalized spacial score (nSPS) is 10.6. The van der Waals surface area contributed by atoms with E-state index in [2.05, 4.69) is 24.5 Å². The van der Waals surface area contributed by atoms with Crippen LogP contribution in [0.1, 0.15) is 56.3 Å². The Kier molecular flexibility index (Phi) is 7.78. The van der Waals surface area contributed by atoms with Crippen molar-refractivity contribution in [3.63, 3.8) is 0 Å². The van der Waals surface area contributed by atoms with Crippen LogP contribution in [0.2, 0.25) is 0 Å². The molecule has 0 saturated carbocycles. The maximum absolute atomic E-state index is 12.1. The molecule has 0 saturated heterocycles. The Bertz CT molecular complexity index is 402. The van der Waals surface area contributed by atoms with Crippen molar-refractivity contribution in [3.05, 3.63) is 29.8 Å². The Balaban J connectivity index is 2.20. The molecule has 3 nitrogen and oxygen atoms in total. The van der Waals surface area contributed by atoms with Crippen molar-refractivity contribution in [1.29, 1.82) is 0 Å². The first-order valence-corrected chi connectivity index (χ1v) is 7.70. The molecule has 0 heterocycles. The molecule has 0 aliphatic heterocycles. The average molecular weight is 276 g/mol. The smallest absolute Gasteiger partial charge is 0.253 e. The van der Waals surface area contributed by atoms with Gasteiger partial charge >= 0.3 is 0 Å². The first-order chi connectivity index (χ1) is 9.65. The lowest BCUT2D eigenvalue weighted by atomic mass is 10.0. The summed E-state index contributed by atoms with van der Waals surface area (Å²) in [5.41, 5.74) is 1.59. The van der Waals surface area contributed by atoms with E-state index in [4.69, 9.17) is 0 Å². The van der Waals surface area contributed by atoms with Crippen molar-refractivity contribution < 1.29 is 4.79 Å². The van der Waals surface area contributed by atoms with Crippen molar-refractivity contribution in [3.8, 4) is 0 Å². The number of benzene rings is 1. The number of nitrogens with one attached hydrogen (secondary N) is 2. The predicted molar refractivity (Wildman–Crippen MR) is 86.2 cm³/mol. The van der Waals surface area contributed by atoms with E-state index < -0.39 is 0 Å². The van der Waals surface area contributed by atoms with Crippen LogP contribution in [-0.4, -0.2) is 19.5 Å². The lowest BCUT2D eigenvalue weighted by Gasteiger charge is -2.09. The summed E-state index contributed by atoms with van der Waals surface area (Å²) in [6.45, 7) is 5.29. The Morgan fingerprint density at radius 2 is 1.80 bits per heavy atom. The van der Waals surface area contributed by atoms with E-state index in [-0.39, 0.29) is 5.91 Å². The van der Waals surface area contributed by atoms with Gasteiger partial charge in [0, 0.05) is 19.3 Å². The second-order valence-electron chi connectivity index (χ2n) is 5.65. The highest BCUT2D eigenvalue weighted by Crippen LogP contribution is 2.14. The van der Waals surface area contributed by atoms with Gasteiger partial charge in [-0.25, -0.2) is 0 Å². The van der Waals surface area contributed by atoms with Crippen LogP contribution in [-0.2, 0) is 0 Å². The third kappa shape index (κ3) is 6.09. The van der Waals surface area contributed by atoms with Gasteiger partial charge in [-0.2, -0.15) is 0 Å². The van der Waals surface area contributed by atoms with Crippen LogP contribution in [0.15, 0.2) is 24.3 Å². The van der Waals surface area contributed by atoms with Gasteiger partial charge in [0.05, 0.1) is 5.56 Å². The van der Waals surface area contributed by atoms with Gasteiger partial charge < -0.3 is 10.6 Å². The average Bonchev–Trinajstić information content (AvgIpc) is 2.45. The maximum Gasteiger partial charge on any atom is 0.253 e. The molecule has 1 rings (SSSR count). The van der Waals surface area contributed by atoms with Gasteiger partial charge in [-0.3, -0.25) is 4.79 Å². The summed E-state index contributed by atoms with van der Waals surface area (Å²) in [5.74, 6) is 0.810. The molecule has 112 valence electrons. The van der Waals surface area contributed by atoms with E-state index in [1.807, 2.05) is 31.3 Å². The lowest BCUT2D eigenvalue weighted by molar-refractivity contribution is 0.0953. The quantitative estimate of drug-likeness (QED) is 0.668. The summed E-state index contributed by atoms with van der Waals surface area (Å²) in [6.07, 6.45) is 6.13. The fraction of sp³-hybridized carbons (Fsp3) is 0.588. The summed E-state index contributed by atoms with van der Waals surface area (Å²) < 4.78 is 0. The van der Waals surface area contributed by atoms with Gasteiger partial charge in [-0.15, -0.1) is 0 Å². The molecule has 0 bridgehead atoms. The maximum atomic E-state index is 12.1. The van der Waals surface area contributed by atoms with Crippen LogP contribution in [0.3, 0.4) is 0 Å². The van der Waals surface area contributed by atoms with E-state index in [0.29, 0.717) is 0 Å². The second kappa shape index (κ2) is 9.40. The topological polar surface area (TPSA) is 41.1 Å². The van der Waals surface area contributed by atoms with E-state index in [1.54, 1.807) is 0 Å². The lowest BCUT2D eigenvalue weighted by Crippen LogP contribution is -2.25. The second-order valence-corrected chi connectivity index (χ2v) is 5.65. The fourth-order valence-electron chi connectivity index (χ4n) is 2.23. The van der Waals surface area contributed by atoms with Crippen LogP contribution in [0.25, 0.3) is 0 Å². The Morgan fingerprint density at radius 1 is 1.10 bits per heavy atom. The summed E-state index contributed by atoms with van der Waals surface area (Å²) in [7, 11) is 1.83. The number of carbonyl (C=O) groups excluding carboxylic acids is 1. The largest absolute Gasteiger partial charge is 0.387 e. The van der Waals surface area contributed by atoms with Gasteiger partial charge in [0.2, 0.25) is 0 Å². The molecule has 0 aliphatic rings. The Morgan fingerprint density at radius 3 is 2.50 bits per heavy atom. The molecule has 0 fully saturated rings. The van der Waals surface area contributed by atoms with Crippen molar-refractivity contribution in [2.24, 2.45) is 5.92 Å². The molecule has 1 aromatic rings. The molecule has 20 heavy (non-hydrogen) atoms. The predicted octanol–water partition coefficient (Wildman–Crippen LogP) is 4.06. The highest BCUT2D eigenvalue weighted by molar-refractivity contribution is 5.99. The van der Waals surface area contributed by atoms with Gasteiger partial charge in [0.25, 0.3) is 5.91 Å². The summed E-state index contributed by atoms with van der Waals surface area (Å²) in [5, 5.41) is 6.04. The van der Waals surface area contributed by atoms with E-state index in [0.717, 1.165) is 30.1 Å². The molecule has 0 radical (unpaired) electrons. The zero-order valence-electron chi connectivity index (χ0n) is 13.0. The highest BCUT2D eigenvalue weighted by Gasteiger charge is 2.08. The minimum absolute atomic E-state index is 0.0112. The summed E-state index contributed by atoms with van der Waals surface area (Å²) in [4.78, 5) is 12.1. The van der Waals surface area contributed by atoms with Crippen LogP contribution in [0.4, 0.5) is 5.69 Å². The van der Waals surface area contributed by atoms with Crippen molar-refractivity contribution in [2.75, 3.05) is 18.9 Å². The molecule has 1 aromatic carbocycles. The van der Waals surface area contributed by atoms with Gasteiger partial charge in [-0.1, -0.05) is 51.7 Å². The van der Waals surface area contributed by atoms with Crippen molar-refractivity contribution in [1.82, 2.24) is 5.32 Å². The van der Waals surface area contributed by atoms with Crippen molar-refractivity contribution in [2.45, 2.75) is 46.0 Å². The number of rotatable bonds is 9. The molecular formula is C17H28N2O. The number of anilines is 1. The molecule has 0 aliphatic carbocycles. The van der Waals surface area contributed by atoms with Crippen LogP contribution in [0, 0.1) is 5.92 Å². The Hall–Kier alpha value is -1.51. The van der Waals surface area contributed by atoms with E-state index >= 15 is 0 Å². The number of hydrogen-bond donors (Lipinski definition) is 2. The number of para-hydroxylation sites is 1. The molecule has 1 amide bonds. The van der Waals surface area contributed by atoms with Crippen LogP contribution in [0.5, 0.6) is 0 Å². The third-order valence-electron chi connectivity index (χ3n) is 3.43. The minimum atomic E-state index is 0.0112. The zero-order chi connectivity index (χ0) is 14.8. The molecule has 0 aromatic heterocycles. The molecule has 0 unspecified atom stereocenters. The monoisotopic (exact) mass is 276 g/mol. The summed E-state index contributed by atoms with van der Waals surface area (Å²) >= 11 is 0. The van der Waals surface area contributed by atoms with Crippen LogP contribution >= 0.6 is 0 Å². The highest BCUT2D eigenvalue weighted by atomic mass is 16.1. The van der Waals surface area contributed by atoms with Gasteiger partial charge in [0.1, 0.15) is 0 Å². The molecule has 0 atom stereocenters. The summed E-state index contributed by atoms with van der Waals surface area (Å²) in [6, 6.07) is 7.59. The SMILES string of the molecule is CNc1ccccc1C(=O)NCCCCCCC(C)C. The standard InChI is InChI=1S/C17H28N2O/c1-14(2)10-6-4-5-9-13-19-17(20)15-11-7-8-12-16(15)18-3/h7-8,11-12,14,18H,4-6,9-10,13H2,1-3H3,(H,19,20). The third-order valence-corrected chi connectivity index (χ3v) is 3.43. The Labute approximate surface area is 123 Å². The van der Waals surface area contributed by atoms with E-state index in [1.165, 1.54) is 25.7 Å². The van der Waals surface area contributed by atoms with Crippen LogP contribution < -0.4 is 10.6 Å². The molecule has 0 spiro atoms. The minimum Gasteiger partial charge on any atom is -0.387 e. The number of unbranched alkanes of at least 4 members (excludes halogenated alkanes) is 3. The zero-order valence-corrected chi connectivity index (χ0v) is 13.0. The number of hydrogen-bond acceptors (Lipinski definition) is 2. The fourth-order valence-corrected chi connectivity index (χ4v) is 2.23. The molecule has 3 heteroatoms. The van der Waals surface area contributed by atoms with Crippen molar-refractivity contribution >= 4 is 11.6 Å². The van der Waals surface area contributed by atoms with E-state index in [9.17, 15) is 4.79 Å². The number of amides is 1.